The Morgan fingerprint density at radius 2 is 2.00 bits per heavy atom. The SMILES string of the molecule is CC(C)(C)OC(=O)N1C[C@@H](CS(=O)(=O)F)OC(C)(C)C1. The van der Waals surface area contributed by atoms with Crippen molar-refractivity contribution in [2.45, 2.75) is 51.9 Å². The minimum absolute atomic E-state index is 0.0124. The van der Waals surface area contributed by atoms with E-state index in [1.165, 1.54) is 4.90 Å². The van der Waals surface area contributed by atoms with E-state index >= 15 is 0 Å². The van der Waals surface area contributed by atoms with Crippen LogP contribution in [0.2, 0.25) is 0 Å². The molecule has 1 atom stereocenters. The molecule has 0 unspecified atom stereocenters. The summed E-state index contributed by atoms with van der Waals surface area (Å²) in [6, 6.07) is 0. The normalized spacial score (nSPS) is 23.5. The van der Waals surface area contributed by atoms with E-state index in [-0.39, 0.29) is 13.1 Å². The second kappa shape index (κ2) is 5.48. The molecule has 0 spiro atoms. The van der Waals surface area contributed by atoms with Crippen molar-refractivity contribution in [1.29, 1.82) is 0 Å². The van der Waals surface area contributed by atoms with Gasteiger partial charge in [0.1, 0.15) is 11.4 Å². The van der Waals surface area contributed by atoms with Gasteiger partial charge in [-0.15, -0.1) is 3.89 Å². The Hall–Kier alpha value is -0.890. The monoisotopic (exact) mass is 311 g/mol. The fraction of sp³-hybridized carbons (Fsp3) is 0.917. The third-order valence-corrected chi connectivity index (χ3v) is 3.29. The Morgan fingerprint density at radius 1 is 1.45 bits per heavy atom. The van der Waals surface area contributed by atoms with Crippen molar-refractivity contribution in [3.8, 4) is 0 Å². The molecule has 1 saturated heterocycles. The van der Waals surface area contributed by atoms with Crippen LogP contribution < -0.4 is 0 Å². The first-order chi connectivity index (χ1) is 8.77. The molecule has 6 nitrogen and oxygen atoms in total. The molecule has 0 N–H and O–H groups in total. The largest absolute Gasteiger partial charge is 0.444 e. The molecule has 0 radical (unpaired) electrons. The topological polar surface area (TPSA) is 72.9 Å². The Labute approximate surface area is 119 Å². The quantitative estimate of drug-likeness (QED) is 0.726. The predicted molar refractivity (Wildman–Crippen MR) is 71.7 cm³/mol. The van der Waals surface area contributed by atoms with E-state index in [0.29, 0.717) is 0 Å². The van der Waals surface area contributed by atoms with Crippen molar-refractivity contribution in [3.05, 3.63) is 0 Å². The summed E-state index contributed by atoms with van der Waals surface area (Å²) < 4.78 is 45.0. The molecule has 0 aromatic carbocycles. The fourth-order valence-corrected chi connectivity index (χ4v) is 2.69. The minimum Gasteiger partial charge on any atom is -0.444 e. The first-order valence-electron chi connectivity index (χ1n) is 6.35. The summed E-state index contributed by atoms with van der Waals surface area (Å²) >= 11 is 0. The number of ether oxygens (including phenoxy) is 2. The molecule has 118 valence electrons. The molecule has 0 aliphatic carbocycles. The maximum atomic E-state index is 12.8. The van der Waals surface area contributed by atoms with Crippen molar-refractivity contribution >= 4 is 16.3 Å². The van der Waals surface area contributed by atoms with Crippen LogP contribution in [0.25, 0.3) is 0 Å². The molecule has 1 fully saturated rings. The Balaban J connectivity index is 2.80. The zero-order chi connectivity index (χ0) is 15.8. The molecular weight excluding hydrogens is 289 g/mol. The van der Waals surface area contributed by atoms with Crippen LogP contribution in [-0.2, 0) is 19.7 Å². The summed E-state index contributed by atoms with van der Waals surface area (Å²) in [6.07, 6.45) is -1.46. The molecule has 0 aromatic heterocycles. The maximum absolute atomic E-state index is 12.8. The molecule has 8 heteroatoms. The van der Waals surface area contributed by atoms with Crippen LogP contribution in [0.1, 0.15) is 34.6 Å². The number of amides is 1. The van der Waals surface area contributed by atoms with Gasteiger partial charge in [-0.2, -0.15) is 8.42 Å². The Morgan fingerprint density at radius 3 is 2.45 bits per heavy atom. The van der Waals surface area contributed by atoms with Crippen LogP contribution in [0.5, 0.6) is 0 Å². The highest BCUT2D eigenvalue weighted by Crippen LogP contribution is 2.24. The van der Waals surface area contributed by atoms with Crippen LogP contribution in [0.4, 0.5) is 8.68 Å². The number of rotatable bonds is 2. The summed E-state index contributed by atoms with van der Waals surface area (Å²) in [5.41, 5.74) is -1.41. The summed E-state index contributed by atoms with van der Waals surface area (Å²) in [4.78, 5) is 13.4. The van der Waals surface area contributed by atoms with Gasteiger partial charge in [0.25, 0.3) is 0 Å². The highest BCUT2D eigenvalue weighted by molar-refractivity contribution is 7.86. The number of morpholine rings is 1. The summed E-state index contributed by atoms with van der Waals surface area (Å²) in [7, 11) is -4.66. The fourth-order valence-electron chi connectivity index (χ4n) is 2.07. The van der Waals surface area contributed by atoms with E-state index < -0.39 is 39.4 Å². The van der Waals surface area contributed by atoms with E-state index in [2.05, 4.69) is 0 Å². The average molecular weight is 311 g/mol. The molecule has 20 heavy (non-hydrogen) atoms. The molecule has 1 aliphatic heterocycles. The molecule has 0 bridgehead atoms. The molecule has 1 heterocycles. The van der Waals surface area contributed by atoms with Gasteiger partial charge in [-0.25, -0.2) is 4.79 Å². The predicted octanol–water partition coefficient (Wildman–Crippen LogP) is 1.70. The van der Waals surface area contributed by atoms with Gasteiger partial charge >= 0.3 is 16.3 Å². The lowest BCUT2D eigenvalue weighted by Crippen LogP contribution is -2.56. The highest BCUT2D eigenvalue weighted by atomic mass is 32.3. The van der Waals surface area contributed by atoms with Gasteiger partial charge in [0.2, 0.25) is 0 Å². The number of halogens is 1. The highest BCUT2D eigenvalue weighted by Gasteiger charge is 2.39. The van der Waals surface area contributed by atoms with Crippen molar-refractivity contribution < 1.29 is 26.6 Å². The van der Waals surface area contributed by atoms with Crippen molar-refractivity contribution in [1.82, 2.24) is 4.90 Å². The molecule has 1 amide bonds. The second-order valence-electron chi connectivity index (χ2n) is 6.57. The third kappa shape index (κ3) is 6.04. The summed E-state index contributed by atoms with van der Waals surface area (Å²) in [5, 5.41) is 0. The number of nitrogens with zero attached hydrogens (tertiary/aromatic N) is 1. The second-order valence-corrected chi connectivity index (χ2v) is 7.98. The standard InChI is InChI=1S/C12H22FNO5S/c1-11(2,3)19-10(15)14-6-9(7-20(13,16)17)18-12(4,5)8-14/h9H,6-8H2,1-5H3/t9-/m0/s1. The first kappa shape index (κ1) is 17.2. The number of hydrogen-bond acceptors (Lipinski definition) is 5. The van der Waals surface area contributed by atoms with Crippen LogP contribution in [0, 0.1) is 0 Å². The van der Waals surface area contributed by atoms with Gasteiger partial charge in [0, 0.05) is 0 Å². The van der Waals surface area contributed by atoms with Crippen molar-refractivity contribution in [3.63, 3.8) is 0 Å². The summed E-state index contributed by atoms with van der Waals surface area (Å²) in [5.74, 6) is -0.768. The molecular formula is C12H22FNO5S. The lowest BCUT2D eigenvalue weighted by Gasteiger charge is -2.42. The zero-order valence-electron chi connectivity index (χ0n) is 12.5. The first-order valence-corrected chi connectivity index (χ1v) is 7.91. The van der Waals surface area contributed by atoms with Gasteiger partial charge in [0.05, 0.1) is 24.8 Å². The Bertz CT molecular complexity index is 469. The summed E-state index contributed by atoms with van der Waals surface area (Å²) in [6.45, 7) is 8.87. The zero-order valence-corrected chi connectivity index (χ0v) is 13.3. The van der Waals surface area contributed by atoms with E-state index in [1.54, 1.807) is 34.6 Å². The molecule has 1 rings (SSSR count). The molecule has 1 aliphatic rings. The average Bonchev–Trinajstić information content (AvgIpc) is 2.08. The number of hydrogen-bond donors (Lipinski definition) is 0. The van der Waals surface area contributed by atoms with Crippen molar-refractivity contribution in [2.24, 2.45) is 0 Å². The van der Waals surface area contributed by atoms with Gasteiger partial charge < -0.3 is 14.4 Å². The van der Waals surface area contributed by atoms with Gasteiger partial charge in [-0.3, -0.25) is 0 Å². The lowest BCUT2D eigenvalue weighted by atomic mass is 10.1. The van der Waals surface area contributed by atoms with Gasteiger partial charge in [0.15, 0.2) is 0 Å². The van der Waals surface area contributed by atoms with Crippen LogP contribution in [0.3, 0.4) is 0 Å². The number of carbonyl (C=O) groups is 1. The molecule has 0 saturated carbocycles. The minimum atomic E-state index is -4.66. The van der Waals surface area contributed by atoms with Crippen molar-refractivity contribution in [2.75, 3.05) is 18.8 Å². The van der Waals surface area contributed by atoms with E-state index in [1.807, 2.05) is 0 Å². The lowest BCUT2D eigenvalue weighted by molar-refractivity contribution is -0.125. The van der Waals surface area contributed by atoms with Crippen LogP contribution in [0.15, 0.2) is 0 Å². The smallest absolute Gasteiger partial charge is 0.410 e. The Kier molecular flexibility index (Phi) is 4.70. The van der Waals surface area contributed by atoms with E-state index in [9.17, 15) is 17.1 Å². The van der Waals surface area contributed by atoms with Crippen LogP contribution in [-0.4, -0.2) is 55.6 Å². The molecule has 0 aromatic rings. The van der Waals surface area contributed by atoms with E-state index in [4.69, 9.17) is 9.47 Å². The van der Waals surface area contributed by atoms with Gasteiger partial charge in [-0.05, 0) is 34.6 Å². The van der Waals surface area contributed by atoms with Crippen LogP contribution >= 0.6 is 0 Å². The number of carbonyl (C=O) groups excluding carboxylic acids is 1. The maximum Gasteiger partial charge on any atom is 0.410 e. The van der Waals surface area contributed by atoms with E-state index in [0.717, 1.165) is 0 Å². The van der Waals surface area contributed by atoms with Gasteiger partial charge in [-0.1, -0.05) is 0 Å². The third-order valence-electron chi connectivity index (χ3n) is 2.52.